The second kappa shape index (κ2) is 29.0. The predicted molar refractivity (Wildman–Crippen MR) is 512 cm³/mol. The van der Waals surface area contributed by atoms with E-state index in [0.717, 1.165) is 44.0 Å². The third-order valence-corrected chi connectivity index (χ3v) is 28.7. The zero-order chi connectivity index (χ0) is 92.1. The number of pyridine rings is 2. The van der Waals surface area contributed by atoms with Crippen LogP contribution < -0.4 is 18.3 Å². The topological polar surface area (TPSA) is 34.2 Å². The predicted octanol–water partition coefficient (Wildman–Crippen LogP) is 26.6. The third-order valence-electron chi connectivity index (χ3n) is 28.7. The first-order valence-corrected chi connectivity index (χ1v) is 43.6. The molecule has 0 radical (unpaired) electrons. The van der Waals surface area contributed by atoms with Gasteiger partial charge in [-0.25, -0.2) is 13.7 Å². The highest BCUT2D eigenvalue weighted by molar-refractivity contribution is 6.17. The van der Waals surface area contributed by atoms with Gasteiger partial charge < -0.3 is 0 Å². The monoisotopic (exact) mass is 1610 g/mol. The molecule has 0 unspecified atom stereocenters. The van der Waals surface area contributed by atoms with E-state index in [-0.39, 0.29) is 43.3 Å². The van der Waals surface area contributed by atoms with E-state index in [9.17, 15) is 0 Å². The van der Waals surface area contributed by atoms with Crippen LogP contribution in [0.5, 0.6) is 0 Å². The Labute approximate surface area is 728 Å². The first-order chi connectivity index (χ1) is 59.2. The molecule has 17 aromatic rings. The Morgan fingerprint density at radius 1 is 0.331 bits per heavy atom. The van der Waals surface area contributed by atoms with E-state index in [1.807, 2.05) is 37.3 Å². The fourth-order valence-corrected chi connectivity index (χ4v) is 21.4. The Morgan fingerprint density at radius 2 is 0.727 bits per heavy atom. The van der Waals surface area contributed by atoms with E-state index in [0.29, 0.717) is 11.4 Å². The number of hydrogen-bond donors (Lipinski definition) is 0. The molecule has 0 saturated carbocycles. The average molecular weight is 1610 g/mol. The Hall–Kier alpha value is -11.2. The highest BCUT2D eigenvalue weighted by Gasteiger charge is 2.55. The molecule has 0 aliphatic carbocycles. The maximum Gasteiger partial charge on any atom is 0.295 e. The minimum absolute atomic E-state index is 0.0248. The molecule has 6 aromatic heterocycles. The summed E-state index contributed by atoms with van der Waals surface area (Å²) in [5.41, 5.74) is 34.5. The lowest BCUT2D eigenvalue weighted by atomic mass is 9.60. The van der Waals surface area contributed by atoms with Crippen LogP contribution in [0.2, 0.25) is 0 Å². The number of para-hydroxylation sites is 5. The lowest BCUT2D eigenvalue weighted by Gasteiger charge is -2.43. The summed E-state index contributed by atoms with van der Waals surface area (Å²) >= 11 is 0. The zero-order valence-corrected chi connectivity index (χ0v) is 77.4. The molecule has 121 heavy (non-hydrogen) atoms. The largest absolute Gasteiger partial charge is 0.295 e. The summed E-state index contributed by atoms with van der Waals surface area (Å²) in [5.74, 6) is 1.91. The Kier molecular flexibility index (Phi) is 18.2. The summed E-state index contributed by atoms with van der Waals surface area (Å²) in [6, 6.07) is 79.4. The van der Waals surface area contributed by atoms with E-state index in [1.54, 1.807) is 0 Å². The average Bonchev–Trinajstić information content (AvgIpc) is 1.53. The molecule has 0 spiro atoms. The number of imidazole rings is 4. The van der Waals surface area contributed by atoms with Gasteiger partial charge in [0.1, 0.15) is 28.1 Å². The van der Waals surface area contributed by atoms with Crippen LogP contribution in [0, 0.1) is 55.3 Å². The summed E-state index contributed by atoms with van der Waals surface area (Å²) in [7, 11) is 4.46. The molecule has 8 heterocycles. The fourth-order valence-electron chi connectivity index (χ4n) is 21.4. The molecule has 2 aliphatic rings. The van der Waals surface area contributed by atoms with E-state index in [4.69, 9.17) is 8.22 Å². The van der Waals surface area contributed by atoms with Gasteiger partial charge in [-0.2, -0.15) is 22.5 Å². The minimum Gasteiger partial charge on any atom is -0.230 e. The Bertz CT molecular complexity index is 7330. The van der Waals surface area contributed by atoms with Gasteiger partial charge in [0.2, 0.25) is 0 Å². The van der Waals surface area contributed by atoms with Crippen LogP contribution in [0.4, 0.5) is 0 Å². The molecule has 0 saturated heterocycles. The molecule has 0 fully saturated rings. The van der Waals surface area contributed by atoms with Crippen molar-refractivity contribution in [1.29, 1.82) is 0 Å². The van der Waals surface area contributed by atoms with Crippen LogP contribution in [-0.4, -0.2) is 17.9 Å². The van der Waals surface area contributed by atoms with E-state index >= 15 is 0 Å². The second-order valence-electron chi connectivity index (χ2n) is 41.1. The van der Waals surface area contributed by atoms with Crippen LogP contribution in [0.1, 0.15) is 236 Å². The van der Waals surface area contributed by atoms with Crippen LogP contribution in [0.15, 0.2) is 224 Å². The van der Waals surface area contributed by atoms with Crippen molar-refractivity contribution >= 4 is 76.7 Å². The van der Waals surface area contributed by atoms with Crippen molar-refractivity contribution in [1.82, 2.24) is 17.9 Å². The van der Waals surface area contributed by atoms with Crippen LogP contribution in [0.3, 0.4) is 0 Å². The molecule has 11 aromatic carbocycles. The summed E-state index contributed by atoms with van der Waals surface area (Å²) < 4.78 is 67.7. The lowest BCUT2D eigenvalue weighted by molar-refractivity contribution is -0.652. The minimum atomic E-state index is -2.23. The van der Waals surface area contributed by atoms with E-state index in [1.165, 1.54) is 155 Å². The second-order valence-corrected chi connectivity index (χ2v) is 41.1. The molecule has 618 valence electrons. The maximum absolute atomic E-state index is 8.55. The number of aromatic nitrogens is 8. The van der Waals surface area contributed by atoms with Gasteiger partial charge in [-0.05, 0) is 167 Å². The summed E-state index contributed by atoms with van der Waals surface area (Å²) in [5, 5.41) is 7.18. The van der Waals surface area contributed by atoms with Crippen molar-refractivity contribution in [3.05, 3.63) is 314 Å². The molecular weight excluding hydrogens is 1470 g/mol. The van der Waals surface area contributed by atoms with Crippen molar-refractivity contribution in [2.24, 2.45) is 21.1 Å². The van der Waals surface area contributed by atoms with Crippen LogP contribution in [-0.2, 0) is 64.4 Å². The number of hydrogen-bond acceptors (Lipinski definition) is 0. The van der Waals surface area contributed by atoms with Gasteiger partial charge in [0.05, 0.1) is 36.0 Å². The quantitative estimate of drug-likeness (QED) is 0.122. The smallest absolute Gasteiger partial charge is 0.230 e. The van der Waals surface area contributed by atoms with Gasteiger partial charge in [0, 0.05) is 83.4 Å². The number of aryl methyl sites for hydroxylation is 7. The number of nitrogens with zero attached hydrogens (tertiary/aromatic N) is 8. The Balaban J connectivity index is 0.000000127. The lowest BCUT2D eigenvalue weighted by Crippen LogP contribution is -2.44. The molecule has 0 atom stereocenters. The van der Waals surface area contributed by atoms with Gasteiger partial charge in [-0.15, -0.1) is 0 Å². The van der Waals surface area contributed by atoms with Crippen LogP contribution >= 0.6 is 0 Å². The third kappa shape index (κ3) is 12.7. The molecule has 0 bridgehead atoms. The molecule has 8 nitrogen and oxygen atoms in total. The van der Waals surface area contributed by atoms with Gasteiger partial charge in [0.15, 0.2) is 44.8 Å². The maximum atomic E-state index is 8.55. The molecule has 0 amide bonds. The normalized spacial score (nSPS) is 15.6. The number of benzene rings is 11. The first kappa shape index (κ1) is 76.0. The summed E-state index contributed by atoms with van der Waals surface area (Å²) in [6.07, 6.45) is 0. The fraction of sp³-hybridized carbons (Fsp3) is 0.345. The number of rotatable bonds is 5. The molecule has 2 aliphatic heterocycles. The number of fused-ring (bicyclic) bond motifs is 8. The highest BCUT2D eigenvalue weighted by Crippen LogP contribution is 2.57. The molecular formula is C113H130N8+4. The molecule has 0 N–H and O–H groups in total. The van der Waals surface area contributed by atoms with Gasteiger partial charge >= 0.3 is 0 Å². The van der Waals surface area contributed by atoms with E-state index in [2.05, 4.69) is 420 Å². The van der Waals surface area contributed by atoms with Crippen molar-refractivity contribution in [3.63, 3.8) is 0 Å². The SMILES string of the molecule is Cc1c(-[n+]2c(C)n(-c3ccccc3)c3ccccc32)cccc1C(C)(C)C.Cc1ccc2c3c1c1ccc(C(C)(C)C)c(C)c1c1n3c(c(-c3ccccc3)[n+]1C)C(C)(C)C2(C)C.[2H]C([2H])([2H])[n+]1c(C)n(-c2cccc(C(C)(C)C)c2C)c2ccccc21.[2H]C([2H])([2H])c1ccc2c3c1c1ccc(C(C)(C)C)c(C)c1c1n3c(c(-c3ccccc3)[n+]1C)C(C)(C)C2(C)C. The zero-order valence-electron chi connectivity index (χ0n) is 83.4. The Morgan fingerprint density at radius 3 is 1.18 bits per heavy atom. The van der Waals surface area contributed by atoms with Crippen molar-refractivity contribution < 1.29 is 26.5 Å². The highest BCUT2D eigenvalue weighted by atomic mass is 15.2. The van der Waals surface area contributed by atoms with Crippen molar-refractivity contribution in [2.45, 2.75) is 237 Å². The molecule has 19 rings (SSSR count). The van der Waals surface area contributed by atoms with Gasteiger partial charge in [-0.3, -0.25) is 0 Å². The van der Waals surface area contributed by atoms with Crippen molar-refractivity contribution in [2.75, 3.05) is 0 Å². The first-order valence-electron chi connectivity index (χ1n) is 46.6. The summed E-state index contributed by atoms with van der Waals surface area (Å²) in [6.45, 7) is 57.1. The molecule has 8 heteroatoms. The van der Waals surface area contributed by atoms with E-state index < -0.39 is 13.8 Å². The van der Waals surface area contributed by atoms with Gasteiger partial charge in [-0.1, -0.05) is 314 Å². The van der Waals surface area contributed by atoms with Crippen molar-refractivity contribution in [3.8, 4) is 39.6 Å². The summed E-state index contributed by atoms with van der Waals surface area (Å²) in [4.78, 5) is 0. The van der Waals surface area contributed by atoms with Gasteiger partial charge in [0.25, 0.3) is 22.9 Å². The van der Waals surface area contributed by atoms with Crippen LogP contribution in [0.25, 0.3) is 116 Å². The standard InChI is InChI=1S/2C34H39N2.C25H27N2.C20H25N2/c2*1-20-16-18-25-29-26(20)23-17-19-24(32(3,4)5)21(2)27(23)31-35(10)28(22-14-12-11-13-15-22)30(36(29)31)34(8,9)33(25,6)7;1-18-21(25(3,4)5)14-11-17-22(18)27-19(2)26(20-12-7-6-8-13-20)23-15-9-10-16-24(23)27;1-14-16(20(3,4)5)10-9-13-17(14)22-15(2)21(6)18-11-7-8-12-19(18)22/h2*11-19H,1-10H3;6-17H,1-5H3;7-13H,1-6H3/q4*+1/i1D3;;;6D3.